The molecule has 0 unspecified atom stereocenters. The molecule has 21 heavy (non-hydrogen) atoms. The fraction of sp³-hybridized carbons (Fsp3) is 0.688. The lowest BCUT2D eigenvalue weighted by Gasteiger charge is -2.29. The molecule has 2 atom stereocenters. The quantitative estimate of drug-likeness (QED) is 0.888. The zero-order chi connectivity index (χ0) is 14.7. The Morgan fingerprint density at radius 3 is 3.33 bits per heavy atom. The minimum atomic E-state index is 0.200. The number of hydrogen-bond acceptors (Lipinski definition) is 4. The predicted octanol–water partition coefficient (Wildman–Crippen LogP) is 1.61. The van der Waals surface area contributed by atoms with Gasteiger partial charge in [-0.15, -0.1) is 11.3 Å². The van der Waals surface area contributed by atoms with Gasteiger partial charge >= 0.3 is 0 Å². The first-order valence-electron chi connectivity index (χ1n) is 8.01. The first-order valence-corrected chi connectivity index (χ1v) is 8.89. The molecule has 0 aliphatic carbocycles. The summed E-state index contributed by atoms with van der Waals surface area (Å²) in [6.07, 6.45) is 3.10. The molecule has 2 aliphatic heterocycles. The van der Waals surface area contributed by atoms with Crippen LogP contribution >= 0.6 is 11.3 Å². The van der Waals surface area contributed by atoms with E-state index in [1.54, 1.807) is 4.88 Å². The molecular weight excluding hydrogens is 282 g/mol. The molecule has 0 radical (unpaired) electrons. The summed E-state index contributed by atoms with van der Waals surface area (Å²) in [4.78, 5) is 16.2. The van der Waals surface area contributed by atoms with Gasteiger partial charge in [-0.3, -0.25) is 9.69 Å². The molecular formula is C16H25N3OS. The van der Waals surface area contributed by atoms with E-state index in [1.165, 1.54) is 5.56 Å². The van der Waals surface area contributed by atoms with Crippen LogP contribution < -0.4 is 10.6 Å². The molecule has 1 saturated heterocycles. The third kappa shape index (κ3) is 3.84. The second kappa shape index (κ2) is 6.90. The predicted molar refractivity (Wildman–Crippen MR) is 86.5 cm³/mol. The summed E-state index contributed by atoms with van der Waals surface area (Å²) in [7, 11) is 0. The number of fused-ring (bicyclic) bond motifs is 1. The number of carbonyl (C=O) groups is 1. The van der Waals surface area contributed by atoms with Crippen molar-refractivity contribution in [3.63, 3.8) is 0 Å². The Morgan fingerprint density at radius 2 is 2.48 bits per heavy atom. The number of thiophene rings is 1. The molecule has 2 aliphatic rings. The summed E-state index contributed by atoms with van der Waals surface area (Å²) in [5, 5.41) is 8.72. The van der Waals surface area contributed by atoms with E-state index in [0.29, 0.717) is 6.04 Å². The summed E-state index contributed by atoms with van der Waals surface area (Å²) < 4.78 is 0. The van der Waals surface area contributed by atoms with Gasteiger partial charge in [0.05, 0.1) is 0 Å². The van der Waals surface area contributed by atoms with Crippen LogP contribution in [0, 0.1) is 5.92 Å². The Labute approximate surface area is 130 Å². The molecule has 1 aromatic heterocycles. The van der Waals surface area contributed by atoms with Crippen LogP contribution in [-0.4, -0.2) is 43.0 Å². The van der Waals surface area contributed by atoms with Crippen LogP contribution in [-0.2, 0) is 17.8 Å². The van der Waals surface area contributed by atoms with Gasteiger partial charge in [0.1, 0.15) is 0 Å². The number of nitrogens with zero attached hydrogens (tertiary/aromatic N) is 1. The number of piperidine rings is 1. The summed E-state index contributed by atoms with van der Waals surface area (Å²) in [6.45, 7) is 7.02. The van der Waals surface area contributed by atoms with Gasteiger partial charge in [-0.2, -0.15) is 0 Å². The van der Waals surface area contributed by atoms with Crippen LogP contribution in [0.2, 0.25) is 0 Å². The summed E-state index contributed by atoms with van der Waals surface area (Å²) in [5.41, 5.74) is 1.48. The lowest BCUT2D eigenvalue weighted by Crippen LogP contribution is -2.44. The van der Waals surface area contributed by atoms with E-state index in [0.717, 1.165) is 52.0 Å². The van der Waals surface area contributed by atoms with Gasteiger partial charge in [-0.1, -0.05) is 0 Å². The molecule has 1 aromatic rings. The van der Waals surface area contributed by atoms with E-state index in [4.69, 9.17) is 0 Å². The van der Waals surface area contributed by atoms with E-state index in [2.05, 4.69) is 33.9 Å². The molecule has 0 saturated carbocycles. The minimum Gasteiger partial charge on any atom is -0.355 e. The first-order chi connectivity index (χ1) is 10.2. The minimum absolute atomic E-state index is 0.200. The largest absolute Gasteiger partial charge is 0.355 e. The molecule has 1 amide bonds. The van der Waals surface area contributed by atoms with Crippen LogP contribution in [0.4, 0.5) is 0 Å². The van der Waals surface area contributed by atoms with Crippen molar-refractivity contribution in [1.29, 1.82) is 0 Å². The average molecular weight is 307 g/mol. The van der Waals surface area contributed by atoms with Gasteiger partial charge in [0.2, 0.25) is 5.91 Å². The van der Waals surface area contributed by atoms with Crippen molar-refractivity contribution in [1.82, 2.24) is 15.5 Å². The van der Waals surface area contributed by atoms with Crippen molar-refractivity contribution in [2.24, 2.45) is 5.92 Å². The van der Waals surface area contributed by atoms with Gasteiger partial charge in [0.15, 0.2) is 0 Å². The van der Waals surface area contributed by atoms with Crippen molar-refractivity contribution in [3.8, 4) is 0 Å². The number of rotatable bonds is 4. The maximum absolute atomic E-state index is 12.2. The highest BCUT2D eigenvalue weighted by Gasteiger charge is 2.24. The van der Waals surface area contributed by atoms with Crippen molar-refractivity contribution >= 4 is 17.2 Å². The van der Waals surface area contributed by atoms with E-state index >= 15 is 0 Å². The molecule has 4 nitrogen and oxygen atoms in total. The lowest BCUT2D eigenvalue weighted by atomic mass is 9.92. The third-order valence-electron chi connectivity index (χ3n) is 4.61. The average Bonchev–Trinajstić information content (AvgIpc) is 2.94. The van der Waals surface area contributed by atoms with Crippen LogP contribution in [0.15, 0.2) is 11.4 Å². The van der Waals surface area contributed by atoms with Gasteiger partial charge < -0.3 is 10.6 Å². The van der Waals surface area contributed by atoms with E-state index in [-0.39, 0.29) is 11.8 Å². The number of amides is 1. The summed E-state index contributed by atoms with van der Waals surface area (Å²) in [6, 6.07) is 2.70. The van der Waals surface area contributed by atoms with Crippen molar-refractivity contribution in [3.05, 3.63) is 21.9 Å². The molecule has 0 bridgehead atoms. The van der Waals surface area contributed by atoms with Crippen molar-refractivity contribution in [2.45, 2.75) is 38.8 Å². The molecule has 1 fully saturated rings. The standard InChI is InChI=1S/C16H25N3OS/c1-12-10-13(2-5-17-12)16(20)18-6-8-19-7-3-15-14(11-19)4-9-21-15/h4,9,12-13,17H,2-3,5-8,10-11H2,1H3,(H,18,20)/t12-,13-/m0/s1. The normalized spacial score (nSPS) is 26.3. The maximum atomic E-state index is 12.2. The molecule has 116 valence electrons. The van der Waals surface area contributed by atoms with Crippen molar-refractivity contribution < 1.29 is 4.79 Å². The van der Waals surface area contributed by atoms with Gasteiger partial charge in [0.25, 0.3) is 0 Å². The highest BCUT2D eigenvalue weighted by molar-refractivity contribution is 7.10. The maximum Gasteiger partial charge on any atom is 0.223 e. The number of nitrogens with one attached hydrogen (secondary N) is 2. The number of carbonyl (C=O) groups excluding carboxylic acids is 1. The Morgan fingerprint density at radius 1 is 1.57 bits per heavy atom. The van der Waals surface area contributed by atoms with E-state index < -0.39 is 0 Å². The third-order valence-corrected chi connectivity index (χ3v) is 5.63. The highest BCUT2D eigenvalue weighted by Crippen LogP contribution is 2.23. The van der Waals surface area contributed by atoms with Crippen LogP contribution in [0.25, 0.3) is 0 Å². The first kappa shape index (κ1) is 15.0. The van der Waals surface area contributed by atoms with Gasteiger partial charge in [-0.05, 0) is 49.7 Å². The van der Waals surface area contributed by atoms with E-state index in [9.17, 15) is 4.79 Å². The van der Waals surface area contributed by atoms with Gasteiger partial charge in [-0.25, -0.2) is 0 Å². The van der Waals surface area contributed by atoms with Gasteiger partial charge in [0, 0.05) is 43.0 Å². The van der Waals surface area contributed by atoms with Crippen molar-refractivity contribution in [2.75, 3.05) is 26.2 Å². The van der Waals surface area contributed by atoms with Crippen LogP contribution in [0.3, 0.4) is 0 Å². The Hall–Kier alpha value is -0.910. The fourth-order valence-corrected chi connectivity index (χ4v) is 4.24. The molecule has 0 spiro atoms. The Bertz CT molecular complexity index is 488. The van der Waals surface area contributed by atoms with Crippen LogP contribution in [0.5, 0.6) is 0 Å². The molecule has 3 rings (SSSR count). The second-order valence-corrected chi connectivity index (χ2v) is 7.26. The lowest BCUT2D eigenvalue weighted by molar-refractivity contribution is -0.126. The Kier molecular flexibility index (Phi) is 4.93. The zero-order valence-electron chi connectivity index (χ0n) is 12.7. The molecule has 2 N–H and O–H groups in total. The molecule has 3 heterocycles. The number of hydrogen-bond donors (Lipinski definition) is 2. The summed E-state index contributed by atoms with van der Waals surface area (Å²) in [5.74, 6) is 0.447. The SMILES string of the molecule is C[C@H]1C[C@@H](C(=O)NCCN2CCc3sccc3C2)CCN1. The van der Waals surface area contributed by atoms with E-state index in [1.807, 2.05) is 11.3 Å². The zero-order valence-corrected chi connectivity index (χ0v) is 13.5. The Balaban J connectivity index is 1.39. The molecule has 0 aromatic carbocycles. The second-order valence-electron chi connectivity index (χ2n) is 6.26. The topological polar surface area (TPSA) is 44.4 Å². The fourth-order valence-electron chi connectivity index (χ4n) is 3.35. The van der Waals surface area contributed by atoms with Crippen LogP contribution in [0.1, 0.15) is 30.2 Å². The highest BCUT2D eigenvalue weighted by atomic mass is 32.1. The summed E-state index contributed by atoms with van der Waals surface area (Å²) >= 11 is 1.87. The molecule has 5 heteroatoms. The smallest absolute Gasteiger partial charge is 0.223 e. The monoisotopic (exact) mass is 307 g/mol.